The normalized spacial score (nSPS) is 11.1. The number of hydrogen-bond donors (Lipinski definition) is 2. The maximum Gasteiger partial charge on any atom is 0.417 e. The van der Waals surface area contributed by atoms with Gasteiger partial charge >= 0.3 is 5.76 Å². The molecule has 6 heteroatoms. The number of hydrogen-bond acceptors (Lipinski definition) is 3. The lowest BCUT2D eigenvalue weighted by Gasteiger charge is -1.96. The second kappa shape index (κ2) is 3.78. The highest BCUT2D eigenvalue weighted by Crippen LogP contribution is 2.21. The first kappa shape index (κ1) is 10.2. The molecule has 17 heavy (non-hydrogen) atoms. The molecule has 0 unspecified atom stereocenters. The zero-order valence-corrected chi connectivity index (χ0v) is 9.41. The Morgan fingerprint density at radius 1 is 1.35 bits per heavy atom. The minimum absolute atomic E-state index is 0.338. The Hall–Kier alpha value is -2.01. The van der Waals surface area contributed by atoms with E-state index in [1.165, 1.54) is 0 Å². The number of H-pyrrole nitrogens is 2. The van der Waals surface area contributed by atoms with Gasteiger partial charge < -0.3 is 9.40 Å². The Morgan fingerprint density at radius 2 is 2.24 bits per heavy atom. The minimum Gasteiger partial charge on any atom is -0.408 e. The molecule has 0 radical (unpaired) electrons. The predicted octanol–water partition coefficient (Wildman–Crippen LogP) is 2.25. The average Bonchev–Trinajstić information content (AvgIpc) is 2.92. The largest absolute Gasteiger partial charge is 0.417 e. The molecule has 2 N–H and O–H groups in total. The fourth-order valence-electron chi connectivity index (χ4n) is 1.70. The molecule has 0 aliphatic carbocycles. The number of imidazole rings is 1. The van der Waals surface area contributed by atoms with Gasteiger partial charge in [0, 0.05) is 5.56 Å². The van der Waals surface area contributed by atoms with Crippen LogP contribution in [0.25, 0.3) is 22.4 Å². The van der Waals surface area contributed by atoms with Crippen LogP contribution in [-0.2, 0) is 5.88 Å². The van der Waals surface area contributed by atoms with Crippen molar-refractivity contribution in [3.05, 3.63) is 40.8 Å². The summed E-state index contributed by atoms with van der Waals surface area (Å²) in [5, 5.41) is 0. The molecule has 0 bridgehead atoms. The maximum atomic E-state index is 11.0. The summed E-state index contributed by atoms with van der Waals surface area (Å²) in [5.74, 6) is 0.593. The van der Waals surface area contributed by atoms with Crippen molar-refractivity contribution in [1.82, 2.24) is 15.0 Å². The van der Waals surface area contributed by atoms with Crippen molar-refractivity contribution in [3.63, 3.8) is 0 Å². The molecule has 86 valence electrons. The number of aromatic amines is 2. The quantitative estimate of drug-likeness (QED) is 0.684. The van der Waals surface area contributed by atoms with Gasteiger partial charge in [-0.2, -0.15) is 0 Å². The Labute approximate surface area is 100 Å². The van der Waals surface area contributed by atoms with Crippen LogP contribution in [0.2, 0.25) is 0 Å². The second-order valence-corrected chi connectivity index (χ2v) is 3.87. The standard InChI is InChI=1S/C11H8ClN3O2/c12-4-10-13-5-8(14-10)6-1-2-9-7(3-6)15-11(16)17-9/h1-3,5H,4H2,(H,13,14)(H,15,16). The van der Waals surface area contributed by atoms with Crippen LogP contribution >= 0.6 is 11.6 Å². The third-order valence-electron chi connectivity index (χ3n) is 2.48. The van der Waals surface area contributed by atoms with Crippen LogP contribution in [0, 0.1) is 0 Å². The van der Waals surface area contributed by atoms with Crippen LogP contribution in [0.4, 0.5) is 0 Å². The van der Waals surface area contributed by atoms with Crippen LogP contribution in [0.5, 0.6) is 0 Å². The first-order valence-corrected chi connectivity index (χ1v) is 5.53. The lowest BCUT2D eigenvalue weighted by atomic mass is 10.1. The van der Waals surface area contributed by atoms with Crippen molar-refractivity contribution in [2.45, 2.75) is 5.88 Å². The number of alkyl halides is 1. The highest BCUT2D eigenvalue weighted by Gasteiger charge is 2.06. The van der Waals surface area contributed by atoms with Crippen molar-refractivity contribution in [2.75, 3.05) is 0 Å². The monoisotopic (exact) mass is 249 g/mol. The molecule has 0 spiro atoms. The van der Waals surface area contributed by atoms with Gasteiger partial charge in [0.05, 0.1) is 23.3 Å². The van der Waals surface area contributed by atoms with Crippen LogP contribution in [0.1, 0.15) is 5.82 Å². The Balaban J connectivity index is 2.13. The van der Waals surface area contributed by atoms with Gasteiger partial charge in [0.2, 0.25) is 0 Å². The van der Waals surface area contributed by atoms with Gasteiger partial charge in [-0.15, -0.1) is 11.6 Å². The van der Waals surface area contributed by atoms with Gasteiger partial charge in [0.1, 0.15) is 5.82 Å². The van der Waals surface area contributed by atoms with E-state index in [-0.39, 0.29) is 0 Å². The number of oxazole rings is 1. The first-order chi connectivity index (χ1) is 8.26. The molecule has 5 nitrogen and oxygen atoms in total. The molecule has 0 aliphatic rings. The van der Waals surface area contributed by atoms with E-state index in [2.05, 4.69) is 15.0 Å². The highest BCUT2D eigenvalue weighted by atomic mass is 35.5. The van der Waals surface area contributed by atoms with E-state index in [1.807, 2.05) is 12.1 Å². The molecule has 0 atom stereocenters. The van der Waals surface area contributed by atoms with Crippen molar-refractivity contribution in [1.29, 1.82) is 0 Å². The molecule has 0 fully saturated rings. The van der Waals surface area contributed by atoms with Crippen LogP contribution in [-0.4, -0.2) is 15.0 Å². The number of fused-ring (bicyclic) bond motifs is 1. The summed E-state index contributed by atoms with van der Waals surface area (Å²) in [4.78, 5) is 20.8. The number of nitrogens with one attached hydrogen (secondary N) is 2. The second-order valence-electron chi connectivity index (χ2n) is 3.60. The zero-order valence-electron chi connectivity index (χ0n) is 8.66. The number of rotatable bonds is 2. The van der Waals surface area contributed by atoms with Crippen LogP contribution in [0.15, 0.2) is 33.6 Å². The summed E-state index contributed by atoms with van der Waals surface area (Å²) in [6, 6.07) is 5.42. The zero-order chi connectivity index (χ0) is 11.8. The van der Waals surface area contributed by atoms with E-state index >= 15 is 0 Å². The molecule has 0 saturated carbocycles. The number of aromatic nitrogens is 3. The highest BCUT2D eigenvalue weighted by molar-refractivity contribution is 6.16. The summed E-state index contributed by atoms with van der Waals surface area (Å²) in [6.07, 6.45) is 1.71. The molecule has 0 saturated heterocycles. The van der Waals surface area contributed by atoms with Crippen LogP contribution < -0.4 is 5.76 Å². The molecule has 1 aromatic carbocycles. The third-order valence-corrected chi connectivity index (χ3v) is 2.74. The van der Waals surface area contributed by atoms with Crippen molar-refractivity contribution < 1.29 is 4.42 Å². The molecular formula is C11H8ClN3O2. The summed E-state index contributed by atoms with van der Waals surface area (Å²) >= 11 is 5.67. The van der Waals surface area contributed by atoms with E-state index in [4.69, 9.17) is 16.0 Å². The Bertz CT molecular complexity index is 725. The van der Waals surface area contributed by atoms with Gasteiger partial charge in [-0.25, -0.2) is 9.78 Å². The Kier molecular flexibility index (Phi) is 2.26. The summed E-state index contributed by atoms with van der Waals surface area (Å²) in [5.41, 5.74) is 2.97. The fourth-order valence-corrected chi connectivity index (χ4v) is 1.83. The van der Waals surface area contributed by atoms with E-state index in [0.29, 0.717) is 22.8 Å². The molecule has 2 aromatic heterocycles. The molecular weight excluding hydrogens is 242 g/mol. The van der Waals surface area contributed by atoms with Crippen molar-refractivity contribution in [2.24, 2.45) is 0 Å². The SMILES string of the molecule is O=c1[nH]c2cc(-c3cnc(CCl)[nH]3)ccc2o1. The third kappa shape index (κ3) is 1.74. The minimum atomic E-state index is -0.455. The summed E-state index contributed by atoms with van der Waals surface area (Å²) in [7, 11) is 0. The number of halogens is 1. The van der Waals surface area contributed by atoms with Crippen molar-refractivity contribution in [3.8, 4) is 11.3 Å². The van der Waals surface area contributed by atoms with Gasteiger partial charge in [-0.1, -0.05) is 0 Å². The lowest BCUT2D eigenvalue weighted by Crippen LogP contribution is -1.92. The topological polar surface area (TPSA) is 74.7 Å². The summed E-state index contributed by atoms with van der Waals surface area (Å²) in [6.45, 7) is 0. The van der Waals surface area contributed by atoms with Crippen LogP contribution in [0.3, 0.4) is 0 Å². The fraction of sp³-hybridized carbons (Fsp3) is 0.0909. The van der Waals surface area contributed by atoms with E-state index in [0.717, 1.165) is 11.3 Å². The average molecular weight is 250 g/mol. The van der Waals surface area contributed by atoms with Crippen molar-refractivity contribution >= 4 is 22.7 Å². The smallest absolute Gasteiger partial charge is 0.408 e. The predicted molar refractivity (Wildman–Crippen MR) is 64.0 cm³/mol. The molecule has 3 rings (SSSR count). The summed E-state index contributed by atoms with van der Waals surface area (Å²) < 4.78 is 4.93. The van der Waals surface area contributed by atoms with E-state index < -0.39 is 5.76 Å². The number of benzene rings is 1. The Morgan fingerprint density at radius 3 is 3.00 bits per heavy atom. The van der Waals surface area contributed by atoms with Gasteiger partial charge in [0.25, 0.3) is 0 Å². The molecule has 0 aliphatic heterocycles. The van der Waals surface area contributed by atoms with Gasteiger partial charge in [-0.05, 0) is 18.2 Å². The molecule has 0 amide bonds. The van der Waals surface area contributed by atoms with E-state index in [9.17, 15) is 4.79 Å². The number of nitrogens with zero attached hydrogens (tertiary/aromatic N) is 1. The van der Waals surface area contributed by atoms with Gasteiger partial charge in [0.15, 0.2) is 5.58 Å². The first-order valence-electron chi connectivity index (χ1n) is 4.99. The molecule has 2 heterocycles. The van der Waals surface area contributed by atoms with E-state index in [1.54, 1.807) is 12.3 Å². The maximum absolute atomic E-state index is 11.0. The lowest BCUT2D eigenvalue weighted by molar-refractivity contribution is 0.555. The van der Waals surface area contributed by atoms with Gasteiger partial charge in [-0.3, -0.25) is 4.98 Å². The molecule has 3 aromatic rings.